The minimum absolute atomic E-state index is 0.251. The molecule has 1 aromatic rings. The lowest BCUT2D eigenvalue weighted by Crippen LogP contribution is -2.30. The summed E-state index contributed by atoms with van der Waals surface area (Å²) in [7, 11) is 0. The molecule has 0 spiro atoms. The van der Waals surface area contributed by atoms with E-state index < -0.39 is 0 Å². The van der Waals surface area contributed by atoms with Crippen LogP contribution in [0.1, 0.15) is 50.4 Å². The van der Waals surface area contributed by atoms with E-state index in [2.05, 4.69) is 31.3 Å². The van der Waals surface area contributed by atoms with Gasteiger partial charge in [0.15, 0.2) is 0 Å². The second kappa shape index (κ2) is 5.96. The maximum atomic E-state index is 12.0. The van der Waals surface area contributed by atoms with E-state index in [-0.39, 0.29) is 11.3 Å². The molecule has 1 amide bonds. The summed E-state index contributed by atoms with van der Waals surface area (Å²) in [5.41, 5.74) is 4.41. The van der Waals surface area contributed by atoms with Crippen LogP contribution in [0.2, 0.25) is 5.02 Å². The summed E-state index contributed by atoms with van der Waals surface area (Å²) >= 11 is 6.00. The molecule has 20 heavy (non-hydrogen) atoms. The van der Waals surface area contributed by atoms with Gasteiger partial charge in [0.05, 0.1) is 10.6 Å². The number of rotatable bonds is 2. The first-order chi connectivity index (χ1) is 9.37. The summed E-state index contributed by atoms with van der Waals surface area (Å²) in [5.74, 6) is 0.355. The lowest BCUT2D eigenvalue weighted by Gasteiger charge is -2.34. The number of benzene rings is 1. The Labute approximate surface area is 125 Å². The average molecular weight is 293 g/mol. The van der Waals surface area contributed by atoms with Gasteiger partial charge < -0.3 is 0 Å². The topological polar surface area (TPSA) is 41.5 Å². The van der Waals surface area contributed by atoms with Crippen molar-refractivity contribution in [3.63, 3.8) is 0 Å². The molecule has 1 unspecified atom stereocenters. The van der Waals surface area contributed by atoms with Gasteiger partial charge in [-0.25, -0.2) is 5.43 Å². The first-order valence-corrected chi connectivity index (χ1v) is 7.35. The number of carbonyl (C=O) groups excluding carboxylic acids is 1. The zero-order valence-corrected chi connectivity index (χ0v) is 13.0. The highest BCUT2D eigenvalue weighted by molar-refractivity contribution is 6.33. The van der Waals surface area contributed by atoms with Gasteiger partial charge in [0.2, 0.25) is 0 Å². The van der Waals surface area contributed by atoms with Crippen LogP contribution < -0.4 is 5.43 Å². The third-order valence-corrected chi connectivity index (χ3v) is 3.93. The van der Waals surface area contributed by atoms with Gasteiger partial charge >= 0.3 is 0 Å². The van der Waals surface area contributed by atoms with Crippen LogP contribution >= 0.6 is 11.6 Å². The van der Waals surface area contributed by atoms with Gasteiger partial charge in [-0.05, 0) is 42.7 Å². The predicted molar refractivity (Wildman–Crippen MR) is 83.1 cm³/mol. The molecule has 3 nitrogen and oxygen atoms in total. The molecular weight excluding hydrogens is 272 g/mol. The van der Waals surface area contributed by atoms with Crippen molar-refractivity contribution >= 4 is 23.2 Å². The number of hydrogen-bond donors (Lipinski definition) is 1. The van der Waals surface area contributed by atoms with Crippen LogP contribution in [0.4, 0.5) is 0 Å². The Hall–Kier alpha value is -1.35. The number of amides is 1. The predicted octanol–water partition coefficient (Wildman–Crippen LogP) is 4.27. The maximum Gasteiger partial charge on any atom is 0.272 e. The van der Waals surface area contributed by atoms with Crippen molar-refractivity contribution in [2.75, 3.05) is 0 Å². The Bertz CT molecular complexity index is 537. The first kappa shape index (κ1) is 15.0. The summed E-state index contributed by atoms with van der Waals surface area (Å²) in [4.78, 5) is 12.0. The fourth-order valence-corrected chi connectivity index (χ4v) is 3.26. The van der Waals surface area contributed by atoms with E-state index >= 15 is 0 Å². The number of hydrogen-bond acceptors (Lipinski definition) is 2. The van der Waals surface area contributed by atoms with E-state index in [0.717, 1.165) is 18.6 Å². The lowest BCUT2D eigenvalue weighted by atomic mass is 9.72. The van der Waals surface area contributed by atoms with Crippen molar-refractivity contribution in [1.29, 1.82) is 0 Å². The van der Waals surface area contributed by atoms with Gasteiger partial charge in [-0.1, -0.05) is 44.5 Å². The Balaban J connectivity index is 2.06. The third-order valence-electron chi connectivity index (χ3n) is 3.60. The van der Waals surface area contributed by atoms with Gasteiger partial charge in [0, 0.05) is 5.71 Å². The van der Waals surface area contributed by atoms with Crippen LogP contribution in [0, 0.1) is 11.3 Å². The van der Waals surface area contributed by atoms with E-state index in [1.165, 1.54) is 6.42 Å². The molecule has 0 aromatic heterocycles. The van der Waals surface area contributed by atoms with Crippen molar-refractivity contribution in [2.24, 2.45) is 16.4 Å². The SMILES string of the molecule is CC1C/C(=N\NC(=O)c2ccccc2Cl)CC(C)(C)C1. The molecule has 1 fully saturated rings. The molecule has 108 valence electrons. The molecule has 0 aliphatic heterocycles. The van der Waals surface area contributed by atoms with Crippen molar-refractivity contribution in [3.8, 4) is 0 Å². The van der Waals surface area contributed by atoms with Crippen LogP contribution in [0.5, 0.6) is 0 Å². The highest BCUT2D eigenvalue weighted by Crippen LogP contribution is 2.36. The molecule has 1 N–H and O–H groups in total. The van der Waals surface area contributed by atoms with Gasteiger partial charge in [-0.2, -0.15) is 5.10 Å². The zero-order chi connectivity index (χ0) is 14.8. The molecule has 1 aliphatic carbocycles. The van der Waals surface area contributed by atoms with Crippen molar-refractivity contribution in [2.45, 2.75) is 40.0 Å². The second-order valence-corrected chi connectivity index (χ2v) is 6.86. The fourth-order valence-electron chi connectivity index (χ4n) is 3.04. The normalized spacial score (nSPS) is 23.6. The Kier molecular flexibility index (Phi) is 4.48. The summed E-state index contributed by atoms with van der Waals surface area (Å²) in [6.45, 7) is 6.72. The number of halogens is 1. The molecule has 1 aliphatic rings. The van der Waals surface area contributed by atoms with E-state index in [4.69, 9.17) is 11.6 Å². The molecule has 4 heteroatoms. The second-order valence-electron chi connectivity index (χ2n) is 6.45. The number of nitrogens with one attached hydrogen (secondary N) is 1. The van der Waals surface area contributed by atoms with Crippen molar-refractivity contribution in [1.82, 2.24) is 5.43 Å². The largest absolute Gasteiger partial charge is 0.272 e. The summed E-state index contributed by atoms with van der Waals surface area (Å²) in [6.07, 6.45) is 3.08. The van der Waals surface area contributed by atoms with E-state index in [1.54, 1.807) is 24.3 Å². The standard InChI is InChI=1S/C16H21ClN2O/c1-11-8-12(10-16(2,3)9-11)18-19-15(20)13-6-4-5-7-14(13)17/h4-7,11H,8-10H2,1-3H3,(H,19,20)/b18-12+. The minimum atomic E-state index is -0.251. The smallest absolute Gasteiger partial charge is 0.267 e. The van der Waals surface area contributed by atoms with Crippen LogP contribution in [0.3, 0.4) is 0 Å². The summed E-state index contributed by atoms with van der Waals surface area (Å²) in [6, 6.07) is 7.00. The molecule has 0 heterocycles. The molecular formula is C16H21ClN2O. The molecule has 0 radical (unpaired) electrons. The van der Waals surface area contributed by atoms with E-state index in [9.17, 15) is 4.79 Å². The Morgan fingerprint density at radius 2 is 2.10 bits per heavy atom. The van der Waals surface area contributed by atoms with Gasteiger partial charge in [-0.15, -0.1) is 0 Å². The van der Waals surface area contributed by atoms with Crippen LogP contribution in [0.25, 0.3) is 0 Å². The monoisotopic (exact) mass is 292 g/mol. The van der Waals surface area contributed by atoms with Gasteiger partial charge in [0.1, 0.15) is 0 Å². The molecule has 1 saturated carbocycles. The van der Waals surface area contributed by atoms with Crippen LogP contribution in [0.15, 0.2) is 29.4 Å². The van der Waals surface area contributed by atoms with E-state index in [1.807, 2.05) is 0 Å². The van der Waals surface area contributed by atoms with Gasteiger partial charge in [-0.3, -0.25) is 4.79 Å². The quantitative estimate of drug-likeness (QED) is 0.813. The molecule has 2 rings (SSSR count). The highest BCUT2D eigenvalue weighted by atomic mass is 35.5. The highest BCUT2D eigenvalue weighted by Gasteiger charge is 2.29. The fraction of sp³-hybridized carbons (Fsp3) is 0.500. The lowest BCUT2D eigenvalue weighted by molar-refractivity contribution is 0.0954. The minimum Gasteiger partial charge on any atom is -0.267 e. The van der Waals surface area contributed by atoms with Crippen molar-refractivity contribution in [3.05, 3.63) is 34.9 Å². The number of carbonyl (C=O) groups is 1. The van der Waals surface area contributed by atoms with E-state index in [0.29, 0.717) is 16.5 Å². The van der Waals surface area contributed by atoms with Crippen LogP contribution in [-0.4, -0.2) is 11.6 Å². The zero-order valence-electron chi connectivity index (χ0n) is 12.2. The third kappa shape index (κ3) is 3.83. The van der Waals surface area contributed by atoms with Crippen molar-refractivity contribution < 1.29 is 4.79 Å². The molecule has 0 bridgehead atoms. The molecule has 1 aromatic carbocycles. The summed E-state index contributed by atoms with van der Waals surface area (Å²) < 4.78 is 0. The summed E-state index contributed by atoms with van der Waals surface area (Å²) in [5, 5.41) is 4.75. The molecule has 0 saturated heterocycles. The van der Waals surface area contributed by atoms with Crippen LogP contribution in [-0.2, 0) is 0 Å². The Morgan fingerprint density at radius 1 is 1.40 bits per heavy atom. The molecule has 1 atom stereocenters. The Morgan fingerprint density at radius 3 is 2.75 bits per heavy atom. The number of hydrazone groups is 1. The van der Waals surface area contributed by atoms with Gasteiger partial charge in [0.25, 0.3) is 5.91 Å². The average Bonchev–Trinajstić information content (AvgIpc) is 2.34. The number of nitrogens with zero attached hydrogens (tertiary/aromatic N) is 1. The maximum absolute atomic E-state index is 12.0. The first-order valence-electron chi connectivity index (χ1n) is 6.98.